The van der Waals surface area contributed by atoms with Gasteiger partial charge in [0, 0.05) is 40.2 Å². The number of carbonyl (C=O) groups excluding carboxylic acids is 3. The molecule has 218 valence electrons. The van der Waals surface area contributed by atoms with E-state index in [2.05, 4.69) is 5.32 Å². The Kier molecular flexibility index (Phi) is 11.0. The van der Waals surface area contributed by atoms with Gasteiger partial charge in [-0.3, -0.25) is 18.7 Å². The van der Waals surface area contributed by atoms with E-state index in [1.54, 1.807) is 30.3 Å². The summed E-state index contributed by atoms with van der Waals surface area (Å²) in [6.07, 6.45) is 1.13. The molecule has 0 bridgehead atoms. The van der Waals surface area contributed by atoms with E-state index in [0.29, 0.717) is 21.2 Å². The summed E-state index contributed by atoms with van der Waals surface area (Å²) < 4.78 is 26.8. The first-order chi connectivity index (χ1) is 19.3. The Balaban J connectivity index is 2.12. The van der Waals surface area contributed by atoms with Crippen LogP contribution in [0.4, 0.5) is 5.69 Å². The molecule has 1 N–H and O–H groups in total. The summed E-state index contributed by atoms with van der Waals surface area (Å²) in [6.45, 7) is 4.21. The number of ketones is 1. The second-order valence-electron chi connectivity index (χ2n) is 9.97. The molecule has 3 rings (SSSR count). The van der Waals surface area contributed by atoms with E-state index in [4.69, 9.17) is 23.2 Å². The molecule has 0 aliphatic rings. The van der Waals surface area contributed by atoms with Crippen molar-refractivity contribution >= 4 is 56.5 Å². The first-order valence-electron chi connectivity index (χ1n) is 12.9. The first-order valence-corrected chi connectivity index (χ1v) is 15.5. The molecular weight excluding hydrogens is 585 g/mol. The summed E-state index contributed by atoms with van der Waals surface area (Å²) in [4.78, 5) is 41.0. The van der Waals surface area contributed by atoms with Crippen molar-refractivity contribution in [3.05, 3.63) is 99.5 Å². The van der Waals surface area contributed by atoms with Crippen molar-refractivity contribution in [2.45, 2.75) is 45.8 Å². The highest BCUT2D eigenvalue weighted by atomic mass is 35.5. The second kappa shape index (κ2) is 14.0. The van der Waals surface area contributed by atoms with Gasteiger partial charge < -0.3 is 10.2 Å². The maximum Gasteiger partial charge on any atom is 0.244 e. The average Bonchev–Trinajstić information content (AvgIpc) is 2.90. The fraction of sp³-hybridized carbons (Fsp3) is 0.300. The molecule has 2 amide bonds. The molecule has 0 aromatic heterocycles. The van der Waals surface area contributed by atoms with Gasteiger partial charge in [-0.1, -0.05) is 71.7 Å². The molecular formula is C30H33Cl2N3O5S. The van der Waals surface area contributed by atoms with E-state index in [1.807, 2.05) is 44.2 Å². The molecule has 0 fully saturated rings. The van der Waals surface area contributed by atoms with Crippen molar-refractivity contribution in [2.75, 3.05) is 17.1 Å². The van der Waals surface area contributed by atoms with Crippen molar-refractivity contribution in [3.63, 3.8) is 0 Å². The maximum absolute atomic E-state index is 14.1. The van der Waals surface area contributed by atoms with Gasteiger partial charge in [0.25, 0.3) is 0 Å². The predicted octanol–water partition coefficient (Wildman–Crippen LogP) is 5.13. The van der Waals surface area contributed by atoms with Gasteiger partial charge in [0.2, 0.25) is 21.8 Å². The summed E-state index contributed by atoms with van der Waals surface area (Å²) in [5.41, 5.74) is 1.66. The number of benzene rings is 3. The van der Waals surface area contributed by atoms with Gasteiger partial charge in [-0.05, 0) is 50.6 Å². The zero-order valence-corrected chi connectivity index (χ0v) is 25.6. The van der Waals surface area contributed by atoms with Gasteiger partial charge in [0.15, 0.2) is 5.78 Å². The largest absolute Gasteiger partial charge is 0.352 e. The zero-order chi connectivity index (χ0) is 30.3. The molecule has 0 heterocycles. The number of carbonyl (C=O) groups is 3. The SMILES string of the molecule is CC(=O)c1cccc(N(CC(=O)N(Cc2c(Cl)cccc2Cl)[C@H](Cc2ccccc2)C(=O)NC(C)C)S(C)(=O)=O)c1. The van der Waals surface area contributed by atoms with Gasteiger partial charge in [0.05, 0.1) is 11.9 Å². The normalized spacial score (nSPS) is 12.1. The molecule has 8 nitrogen and oxygen atoms in total. The van der Waals surface area contributed by atoms with Gasteiger partial charge in [-0.25, -0.2) is 8.42 Å². The fourth-order valence-corrected chi connectivity index (χ4v) is 5.64. The van der Waals surface area contributed by atoms with Crippen LogP contribution in [0, 0.1) is 0 Å². The van der Waals surface area contributed by atoms with Crippen LogP contribution in [0.5, 0.6) is 0 Å². The van der Waals surface area contributed by atoms with Crippen LogP contribution in [0.3, 0.4) is 0 Å². The molecule has 0 radical (unpaired) electrons. The van der Waals surface area contributed by atoms with Crippen LogP contribution in [-0.4, -0.2) is 55.8 Å². The quantitative estimate of drug-likeness (QED) is 0.284. The zero-order valence-electron chi connectivity index (χ0n) is 23.3. The Morgan fingerprint density at radius 1 is 0.902 bits per heavy atom. The van der Waals surface area contributed by atoms with Gasteiger partial charge in [-0.15, -0.1) is 0 Å². The van der Waals surface area contributed by atoms with Crippen LogP contribution in [0.15, 0.2) is 72.8 Å². The highest BCUT2D eigenvalue weighted by molar-refractivity contribution is 7.92. The van der Waals surface area contributed by atoms with Crippen molar-refractivity contribution in [2.24, 2.45) is 0 Å². The number of sulfonamides is 1. The third-order valence-corrected chi connectivity index (χ3v) is 8.16. The number of hydrogen-bond acceptors (Lipinski definition) is 5. The van der Waals surface area contributed by atoms with Crippen LogP contribution in [0.2, 0.25) is 10.0 Å². The van der Waals surface area contributed by atoms with E-state index in [1.165, 1.54) is 24.0 Å². The molecule has 0 spiro atoms. The smallest absolute Gasteiger partial charge is 0.244 e. The van der Waals surface area contributed by atoms with Crippen molar-refractivity contribution in [1.29, 1.82) is 0 Å². The number of Topliss-reactive ketones (excluding diaryl/α,β-unsaturated/α-hetero) is 1. The molecule has 11 heteroatoms. The van der Waals surface area contributed by atoms with E-state index >= 15 is 0 Å². The Bertz CT molecular complexity index is 1490. The van der Waals surface area contributed by atoms with Crippen LogP contribution in [0.25, 0.3) is 0 Å². The number of hydrogen-bond donors (Lipinski definition) is 1. The number of rotatable bonds is 12. The Morgan fingerprint density at radius 3 is 2.07 bits per heavy atom. The molecule has 41 heavy (non-hydrogen) atoms. The monoisotopic (exact) mass is 617 g/mol. The van der Waals surface area contributed by atoms with E-state index in [0.717, 1.165) is 16.1 Å². The molecule has 0 saturated heterocycles. The molecule has 0 unspecified atom stereocenters. The number of nitrogens with one attached hydrogen (secondary N) is 1. The lowest BCUT2D eigenvalue weighted by Gasteiger charge is -2.34. The molecule has 0 aliphatic heterocycles. The molecule has 3 aromatic rings. The van der Waals surface area contributed by atoms with Gasteiger partial charge >= 0.3 is 0 Å². The maximum atomic E-state index is 14.1. The molecule has 1 atom stereocenters. The lowest BCUT2D eigenvalue weighted by Crippen LogP contribution is -2.54. The second-order valence-corrected chi connectivity index (χ2v) is 12.7. The summed E-state index contributed by atoms with van der Waals surface area (Å²) in [5, 5.41) is 3.48. The van der Waals surface area contributed by atoms with Crippen LogP contribution >= 0.6 is 23.2 Å². The minimum Gasteiger partial charge on any atom is -0.352 e. The van der Waals surface area contributed by atoms with Crippen molar-refractivity contribution in [1.82, 2.24) is 10.2 Å². The van der Waals surface area contributed by atoms with Crippen LogP contribution in [-0.2, 0) is 32.6 Å². The van der Waals surface area contributed by atoms with E-state index in [-0.39, 0.29) is 30.5 Å². The lowest BCUT2D eigenvalue weighted by molar-refractivity contribution is -0.140. The fourth-order valence-electron chi connectivity index (χ4n) is 4.28. The van der Waals surface area contributed by atoms with Crippen LogP contribution in [0.1, 0.15) is 42.3 Å². The standard InChI is InChI=1S/C30H33Cl2N3O5S/c1-20(2)33-30(38)28(16-22-10-6-5-7-11-22)34(18-25-26(31)14-9-15-27(25)32)29(37)19-35(41(4,39)40)24-13-8-12-23(17-24)21(3)36/h5-15,17,20,28H,16,18-19H2,1-4H3,(H,33,38)/t28-/m1/s1. The Hall–Kier alpha value is -3.40. The predicted molar refractivity (Wildman–Crippen MR) is 163 cm³/mol. The first kappa shape index (κ1) is 32.1. The summed E-state index contributed by atoms with van der Waals surface area (Å²) in [6, 6.07) is 18.9. The van der Waals surface area contributed by atoms with Gasteiger partial charge in [-0.2, -0.15) is 0 Å². The minimum atomic E-state index is -3.98. The Labute approximate surface area is 251 Å². The van der Waals surface area contributed by atoms with E-state index < -0.39 is 34.4 Å². The third kappa shape index (κ3) is 8.79. The van der Waals surface area contributed by atoms with Crippen molar-refractivity contribution < 1.29 is 22.8 Å². The summed E-state index contributed by atoms with van der Waals surface area (Å²) in [5.74, 6) is -1.32. The minimum absolute atomic E-state index is 0.147. The third-order valence-electron chi connectivity index (χ3n) is 6.31. The highest BCUT2D eigenvalue weighted by Gasteiger charge is 2.34. The Morgan fingerprint density at radius 2 is 1.51 bits per heavy atom. The number of amides is 2. The average molecular weight is 619 g/mol. The van der Waals surface area contributed by atoms with Crippen molar-refractivity contribution in [3.8, 4) is 0 Å². The van der Waals surface area contributed by atoms with Gasteiger partial charge in [0.1, 0.15) is 12.6 Å². The van der Waals surface area contributed by atoms with Crippen LogP contribution < -0.4 is 9.62 Å². The summed E-state index contributed by atoms with van der Waals surface area (Å²) in [7, 11) is -3.98. The molecule has 0 aliphatic carbocycles. The lowest BCUT2D eigenvalue weighted by atomic mass is 10.0. The topological polar surface area (TPSA) is 104 Å². The molecule has 3 aromatic carbocycles. The number of anilines is 1. The molecule has 0 saturated carbocycles. The highest BCUT2D eigenvalue weighted by Crippen LogP contribution is 2.28. The number of nitrogens with zero attached hydrogens (tertiary/aromatic N) is 2. The van der Waals surface area contributed by atoms with E-state index in [9.17, 15) is 22.8 Å². The summed E-state index contributed by atoms with van der Waals surface area (Å²) >= 11 is 12.9. The number of halogens is 2.